The molecule has 0 heteroatoms. The Balaban J connectivity index is 2.46. The van der Waals surface area contributed by atoms with Gasteiger partial charge in [0.25, 0.3) is 0 Å². The average molecular weight is 154 g/mol. The third-order valence-corrected chi connectivity index (χ3v) is 3.91. The van der Waals surface area contributed by atoms with Crippen molar-refractivity contribution in [3.05, 3.63) is 0 Å². The Hall–Kier alpha value is 0. The summed E-state index contributed by atoms with van der Waals surface area (Å²) in [4.78, 5) is 0. The van der Waals surface area contributed by atoms with Crippen molar-refractivity contribution in [2.75, 3.05) is 0 Å². The van der Waals surface area contributed by atoms with Crippen LogP contribution >= 0.6 is 0 Å². The van der Waals surface area contributed by atoms with Crippen LogP contribution in [0.3, 0.4) is 0 Å². The van der Waals surface area contributed by atoms with Gasteiger partial charge in [0.1, 0.15) is 0 Å². The highest BCUT2D eigenvalue weighted by atomic mass is 14.4. The minimum atomic E-state index is 0.576. The third-order valence-electron chi connectivity index (χ3n) is 3.91. The summed E-state index contributed by atoms with van der Waals surface area (Å²) in [5.74, 6) is 2.83. The molecule has 0 amide bonds. The first kappa shape index (κ1) is 9.09. The lowest BCUT2D eigenvalue weighted by atomic mass is 9.59. The molecule has 0 nitrogen and oxygen atoms in total. The van der Waals surface area contributed by atoms with Gasteiger partial charge in [-0.25, -0.2) is 0 Å². The van der Waals surface area contributed by atoms with E-state index in [1.165, 1.54) is 12.8 Å². The standard InChI is InChI=1S/C11H22/c1-8(2)11(4,5)10-6-9(3)7-10/h8-10H,6-7H2,1-5H3. The summed E-state index contributed by atoms with van der Waals surface area (Å²) in [5, 5.41) is 0. The van der Waals surface area contributed by atoms with Crippen LogP contribution in [0.15, 0.2) is 0 Å². The predicted octanol–water partition coefficient (Wildman–Crippen LogP) is 3.71. The molecule has 11 heavy (non-hydrogen) atoms. The van der Waals surface area contributed by atoms with Crippen molar-refractivity contribution in [2.45, 2.75) is 47.5 Å². The highest BCUT2D eigenvalue weighted by molar-refractivity contribution is 4.89. The smallest absolute Gasteiger partial charge is 0.0303 e. The summed E-state index contributed by atoms with van der Waals surface area (Å²) in [5.41, 5.74) is 0.576. The zero-order valence-electron chi connectivity index (χ0n) is 8.65. The molecule has 0 saturated heterocycles. The van der Waals surface area contributed by atoms with E-state index in [-0.39, 0.29) is 0 Å². The van der Waals surface area contributed by atoms with Gasteiger partial charge in [0, 0.05) is 0 Å². The molecule has 1 aliphatic carbocycles. The van der Waals surface area contributed by atoms with Crippen LogP contribution in [-0.4, -0.2) is 0 Å². The van der Waals surface area contributed by atoms with Gasteiger partial charge in [-0.2, -0.15) is 0 Å². The minimum absolute atomic E-state index is 0.576. The Morgan fingerprint density at radius 2 is 1.64 bits per heavy atom. The molecule has 66 valence electrons. The maximum absolute atomic E-state index is 2.42. The van der Waals surface area contributed by atoms with Crippen LogP contribution in [0.2, 0.25) is 0 Å². The van der Waals surface area contributed by atoms with Crippen LogP contribution in [0, 0.1) is 23.2 Å². The largest absolute Gasteiger partial charge is 0.0625 e. The second-order valence-electron chi connectivity index (χ2n) is 5.25. The maximum atomic E-state index is 2.42. The van der Waals surface area contributed by atoms with E-state index in [1.807, 2.05) is 0 Å². The lowest BCUT2D eigenvalue weighted by molar-refractivity contribution is 0.0338. The lowest BCUT2D eigenvalue weighted by Crippen LogP contribution is -2.37. The Bertz CT molecular complexity index is 127. The molecule has 0 bridgehead atoms. The molecular weight excluding hydrogens is 132 g/mol. The molecule has 1 fully saturated rings. The number of rotatable bonds is 2. The van der Waals surface area contributed by atoms with Gasteiger partial charge in [-0.15, -0.1) is 0 Å². The van der Waals surface area contributed by atoms with Crippen molar-refractivity contribution in [1.82, 2.24) is 0 Å². The van der Waals surface area contributed by atoms with E-state index < -0.39 is 0 Å². The van der Waals surface area contributed by atoms with Crippen molar-refractivity contribution in [1.29, 1.82) is 0 Å². The second kappa shape index (κ2) is 2.80. The molecule has 1 rings (SSSR count). The maximum Gasteiger partial charge on any atom is -0.0303 e. The normalized spacial score (nSPS) is 32.2. The third kappa shape index (κ3) is 1.60. The molecule has 0 spiro atoms. The number of hydrogen-bond acceptors (Lipinski definition) is 0. The van der Waals surface area contributed by atoms with E-state index in [1.54, 1.807) is 0 Å². The first-order valence-corrected chi connectivity index (χ1v) is 4.94. The van der Waals surface area contributed by atoms with Gasteiger partial charge in [-0.05, 0) is 36.0 Å². The summed E-state index contributed by atoms with van der Waals surface area (Å²) in [6.45, 7) is 11.9. The zero-order chi connectivity index (χ0) is 8.65. The molecule has 0 N–H and O–H groups in total. The van der Waals surface area contributed by atoms with Crippen molar-refractivity contribution in [3.8, 4) is 0 Å². The van der Waals surface area contributed by atoms with E-state index in [0.717, 1.165) is 17.8 Å². The van der Waals surface area contributed by atoms with Crippen molar-refractivity contribution >= 4 is 0 Å². The fraction of sp³-hybridized carbons (Fsp3) is 1.00. The first-order valence-electron chi connectivity index (χ1n) is 4.94. The van der Waals surface area contributed by atoms with Crippen LogP contribution in [0.4, 0.5) is 0 Å². The van der Waals surface area contributed by atoms with E-state index in [9.17, 15) is 0 Å². The van der Waals surface area contributed by atoms with Crippen LogP contribution in [0.5, 0.6) is 0 Å². The summed E-state index contributed by atoms with van der Waals surface area (Å²) >= 11 is 0. The molecular formula is C11H22. The van der Waals surface area contributed by atoms with Gasteiger partial charge in [-0.3, -0.25) is 0 Å². The van der Waals surface area contributed by atoms with Crippen LogP contribution in [0.1, 0.15) is 47.5 Å². The van der Waals surface area contributed by atoms with Gasteiger partial charge in [-0.1, -0.05) is 34.6 Å². The highest BCUT2D eigenvalue weighted by Crippen LogP contribution is 2.48. The molecule has 0 heterocycles. The summed E-state index contributed by atoms with van der Waals surface area (Å²) in [6.07, 6.45) is 2.93. The van der Waals surface area contributed by atoms with Gasteiger partial charge in [0.05, 0.1) is 0 Å². The Kier molecular flexibility index (Phi) is 2.32. The molecule has 1 saturated carbocycles. The molecule has 0 aliphatic heterocycles. The molecule has 0 aromatic carbocycles. The van der Waals surface area contributed by atoms with Crippen LogP contribution < -0.4 is 0 Å². The van der Waals surface area contributed by atoms with Crippen molar-refractivity contribution in [2.24, 2.45) is 23.2 Å². The van der Waals surface area contributed by atoms with Gasteiger partial charge in [0.15, 0.2) is 0 Å². The summed E-state index contributed by atoms with van der Waals surface area (Å²) in [7, 11) is 0. The molecule has 0 aromatic heterocycles. The van der Waals surface area contributed by atoms with E-state index in [4.69, 9.17) is 0 Å². The van der Waals surface area contributed by atoms with Crippen LogP contribution in [0.25, 0.3) is 0 Å². The predicted molar refractivity (Wildman–Crippen MR) is 50.5 cm³/mol. The van der Waals surface area contributed by atoms with Gasteiger partial charge < -0.3 is 0 Å². The molecule has 0 radical (unpaired) electrons. The molecule has 0 atom stereocenters. The first-order chi connectivity index (χ1) is 4.94. The quantitative estimate of drug-likeness (QED) is 0.568. The molecule has 0 unspecified atom stereocenters. The topological polar surface area (TPSA) is 0 Å². The van der Waals surface area contributed by atoms with Gasteiger partial charge >= 0.3 is 0 Å². The van der Waals surface area contributed by atoms with Crippen molar-refractivity contribution < 1.29 is 0 Å². The van der Waals surface area contributed by atoms with Gasteiger partial charge in [0.2, 0.25) is 0 Å². The lowest BCUT2D eigenvalue weighted by Gasteiger charge is -2.46. The fourth-order valence-electron chi connectivity index (χ4n) is 1.98. The fourth-order valence-corrected chi connectivity index (χ4v) is 1.98. The Morgan fingerprint density at radius 3 is 1.91 bits per heavy atom. The second-order valence-corrected chi connectivity index (χ2v) is 5.25. The van der Waals surface area contributed by atoms with Crippen LogP contribution in [-0.2, 0) is 0 Å². The summed E-state index contributed by atoms with van der Waals surface area (Å²) in [6, 6.07) is 0. The number of hydrogen-bond donors (Lipinski definition) is 0. The summed E-state index contributed by atoms with van der Waals surface area (Å²) < 4.78 is 0. The average Bonchev–Trinajstić information content (AvgIpc) is 1.80. The van der Waals surface area contributed by atoms with E-state index in [2.05, 4.69) is 34.6 Å². The minimum Gasteiger partial charge on any atom is -0.0625 e. The zero-order valence-corrected chi connectivity index (χ0v) is 8.65. The molecule has 1 aliphatic rings. The highest BCUT2D eigenvalue weighted by Gasteiger charge is 2.39. The monoisotopic (exact) mass is 154 g/mol. The van der Waals surface area contributed by atoms with E-state index >= 15 is 0 Å². The van der Waals surface area contributed by atoms with Crippen molar-refractivity contribution in [3.63, 3.8) is 0 Å². The van der Waals surface area contributed by atoms with E-state index in [0.29, 0.717) is 5.41 Å². The molecule has 0 aromatic rings. The Labute approximate surface area is 71.4 Å². The Morgan fingerprint density at radius 1 is 1.18 bits per heavy atom. The SMILES string of the molecule is CC1CC(C(C)(C)C(C)C)C1.